The van der Waals surface area contributed by atoms with Gasteiger partial charge in [-0.1, -0.05) is 24.6 Å². The molecule has 0 atom stereocenters. The Balaban J connectivity index is 1.37. The lowest BCUT2D eigenvalue weighted by atomic mass is 9.95. The maximum atomic E-state index is 12.7. The van der Waals surface area contributed by atoms with Crippen LogP contribution in [0, 0.1) is 0 Å². The first kappa shape index (κ1) is 20.6. The summed E-state index contributed by atoms with van der Waals surface area (Å²) in [4.78, 5) is 25.1. The van der Waals surface area contributed by atoms with E-state index in [0.717, 1.165) is 99.0 Å². The second kappa shape index (κ2) is 8.67. The van der Waals surface area contributed by atoms with Crippen molar-refractivity contribution in [2.24, 2.45) is 4.99 Å². The lowest BCUT2D eigenvalue weighted by Gasteiger charge is -2.37. The summed E-state index contributed by atoms with van der Waals surface area (Å²) in [6, 6.07) is 4.50. The molecular weight excluding hydrogens is 410 g/mol. The monoisotopic (exact) mass is 439 g/mol. The van der Waals surface area contributed by atoms with E-state index in [1.54, 1.807) is 0 Å². The van der Waals surface area contributed by atoms with Gasteiger partial charge in [-0.25, -0.2) is 4.99 Å². The minimum atomic E-state index is 0.0562. The Labute approximate surface area is 188 Å². The highest BCUT2D eigenvalue weighted by atomic mass is 35.5. The number of hydrogen-bond donors (Lipinski definition) is 2. The van der Waals surface area contributed by atoms with E-state index < -0.39 is 0 Å². The maximum absolute atomic E-state index is 12.7. The number of pyridine rings is 1. The molecule has 164 valence electrons. The number of rotatable bonds is 4. The third-order valence-corrected chi connectivity index (χ3v) is 7.03. The number of aryl methyl sites for hydroxylation is 1. The van der Waals surface area contributed by atoms with E-state index in [1.165, 1.54) is 16.5 Å². The predicted octanol–water partition coefficient (Wildman–Crippen LogP) is 3.84. The van der Waals surface area contributed by atoms with Gasteiger partial charge in [-0.05, 0) is 49.3 Å². The van der Waals surface area contributed by atoms with E-state index in [2.05, 4.69) is 44.1 Å². The van der Waals surface area contributed by atoms with Gasteiger partial charge in [-0.2, -0.15) is 0 Å². The molecule has 1 aromatic carbocycles. The molecule has 3 aliphatic rings. The number of anilines is 1. The van der Waals surface area contributed by atoms with Crippen LogP contribution in [0.15, 0.2) is 32.8 Å². The van der Waals surface area contributed by atoms with Gasteiger partial charge in [0.2, 0.25) is 0 Å². The molecule has 31 heavy (non-hydrogen) atoms. The molecule has 0 bridgehead atoms. The third kappa shape index (κ3) is 3.99. The van der Waals surface area contributed by atoms with E-state index in [4.69, 9.17) is 11.6 Å². The predicted molar refractivity (Wildman–Crippen MR) is 128 cm³/mol. The number of aromatic nitrogens is 1. The van der Waals surface area contributed by atoms with Crippen LogP contribution in [-0.2, 0) is 19.4 Å². The molecule has 0 amide bonds. The highest BCUT2D eigenvalue weighted by Gasteiger charge is 2.23. The Morgan fingerprint density at radius 2 is 2.00 bits per heavy atom. The maximum Gasteiger partial charge on any atom is 0.253 e. The molecule has 0 unspecified atom stereocenters. The van der Waals surface area contributed by atoms with Gasteiger partial charge in [0.15, 0.2) is 0 Å². The first-order valence-corrected chi connectivity index (χ1v) is 11.8. The molecule has 0 spiro atoms. The zero-order chi connectivity index (χ0) is 21.4. The second-order valence-electron chi connectivity index (χ2n) is 8.71. The third-order valence-electron chi connectivity index (χ3n) is 6.67. The summed E-state index contributed by atoms with van der Waals surface area (Å²) >= 11 is 6.41. The lowest BCUT2D eigenvalue weighted by molar-refractivity contribution is 0.151. The molecule has 1 fully saturated rings. The number of piperazine rings is 1. The van der Waals surface area contributed by atoms with Crippen molar-refractivity contribution in [1.29, 1.82) is 0 Å². The molecule has 0 aliphatic carbocycles. The SMILES string of the molecule is CCc1cc(CN2CCN(C3=C(Cl)CCC=N3)CC2)cc2[nH]c(=O)c3c(c12)NCCC3. The first-order chi connectivity index (χ1) is 15.1. The fraction of sp³-hybridized carbons (Fsp3) is 0.500. The molecule has 1 saturated heterocycles. The molecular formula is C24H30ClN5O. The van der Waals surface area contributed by atoms with Crippen LogP contribution in [0.1, 0.15) is 42.9 Å². The number of nitrogens with one attached hydrogen (secondary N) is 2. The minimum Gasteiger partial charge on any atom is -0.384 e. The highest BCUT2D eigenvalue weighted by molar-refractivity contribution is 6.30. The topological polar surface area (TPSA) is 63.7 Å². The highest BCUT2D eigenvalue weighted by Crippen LogP contribution is 2.32. The van der Waals surface area contributed by atoms with Crippen LogP contribution in [0.4, 0.5) is 5.69 Å². The summed E-state index contributed by atoms with van der Waals surface area (Å²) in [5, 5.41) is 5.58. The molecule has 2 aromatic rings. The van der Waals surface area contributed by atoms with Gasteiger partial charge in [0.25, 0.3) is 5.56 Å². The first-order valence-electron chi connectivity index (χ1n) is 11.5. The van der Waals surface area contributed by atoms with Gasteiger partial charge in [0.1, 0.15) is 5.82 Å². The Morgan fingerprint density at radius 3 is 2.77 bits per heavy atom. The van der Waals surface area contributed by atoms with Gasteiger partial charge < -0.3 is 15.2 Å². The van der Waals surface area contributed by atoms with Crippen LogP contribution in [0.5, 0.6) is 0 Å². The van der Waals surface area contributed by atoms with Crippen molar-refractivity contribution < 1.29 is 0 Å². The summed E-state index contributed by atoms with van der Waals surface area (Å²) in [5.74, 6) is 0.960. The molecule has 2 N–H and O–H groups in total. The molecule has 5 rings (SSSR count). The number of fused-ring (bicyclic) bond motifs is 3. The molecule has 6 nitrogen and oxygen atoms in total. The fourth-order valence-electron chi connectivity index (χ4n) is 5.06. The van der Waals surface area contributed by atoms with E-state index in [-0.39, 0.29) is 5.56 Å². The van der Waals surface area contributed by atoms with Crippen LogP contribution >= 0.6 is 11.6 Å². The van der Waals surface area contributed by atoms with Crippen molar-refractivity contribution in [2.75, 3.05) is 38.0 Å². The van der Waals surface area contributed by atoms with Crippen molar-refractivity contribution in [3.8, 4) is 0 Å². The molecule has 1 aromatic heterocycles. The Morgan fingerprint density at radius 1 is 1.16 bits per heavy atom. The van der Waals surface area contributed by atoms with Gasteiger partial charge >= 0.3 is 0 Å². The fourth-order valence-corrected chi connectivity index (χ4v) is 5.34. The van der Waals surface area contributed by atoms with E-state index >= 15 is 0 Å². The van der Waals surface area contributed by atoms with Crippen molar-refractivity contribution in [2.45, 2.75) is 45.6 Å². The van der Waals surface area contributed by atoms with E-state index in [1.807, 2.05) is 6.21 Å². The van der Waals surface area contributed by atoms with Gasteiger partial charge in [0, 0.05) is 56.4 Å². The van der Waals surface area contributed by atoms with Crippen molar-refractivity contribution in [3.05, 3.63) is 50.0 Å². The molecule has 3 aliphatic heterocycles. The summed E-state index contributed by atoms with van der Waals surface area (Å²) in [6.45, 7) is 7.84. The zero-order valence-electron chi connectivity index (χ0n) is 18.1. The summed E-state index contributed by atoms with van der Waals surface area (Å²) < 4.78 is 0. The summed E-state index contributed by atoms with van der Waals surface area (Å²) in [6.07, 6.45) is 6.62. The van der Waals surface area contributed by atoms with Crippen LogP contribution in [0.2, 0.25) is 0 Å². The number of benzene rings is 1. The van der Waals surface area contributed by atoms with Gasteiger partial charge in [-0.15, -0.1) is 0 Å². The molecule has 0 saturated carbocycles. The number of hydrogen-bond acceptors (Lipinski definition) is 5. The number of aliphatic imine (C=N–C) groups is 1. The van der Waals surface area contributed by atoms with Crippen LogP contribution in [0.25, 0.3) is 10.9 Å². The van der Waals surface area contributed by atoms with Crippen molar-refractivity contribution >= 4 is 34.4 Å². The van der Waals surface area contributed by atoms with Crippen LogP contribution in [-0.4, -0.2) is 53.7 Å². The number of nitrogens with zero attached hydrogens (tertiary/aromatic N) is 3. The minimum absolute atomic E-state index is 0.0562. The molecule has 7 heteroatoms. The number of aromatic amines is 1. The Hall–Kier alpha value is -2.31. The Kier molecular flexibility index (Phi) is 5.76. The largest absolute Gasteiger partial charge is 0.384 e. The average Bonchev–Trinajstić information content (AvgIpc) is 2.79. The van der Waals surface area contributed by atoms with Gasteiger partial charge in [-0.3, -0.25) is 9.69 Å². The second-order valence-corrected chi connectivity index (χ2v) is 9.17. The molecule has 0 radical (unpaired) electrons. The number of halogens is 1. The smallest absolute Gasteiger partial charge is 0.253 e. The van der Waals surface area contributed by atoms with Crippen molar-refractivity contribution in [1.82, 2.24) is 14.8 Å². The summed E-state index contributed by atoms with van der Waals surface area (Å²) in [7, 11) is 0. The number of H-pyrrole nitrogens is 1. The van der Waals surface area contributed by atoms with Gasteiger partial charge in [0.05, 0.1) is 16.2 Å². The van der Waals surface area contributed by atoms with Crippen LogP contribution < -0.4 is 10.9 Å². The normalized spacial score (nSPS) is 19.6. The summed E-state index contributed by atoms with van der Waals surface area (Å²) in [5.41, 5.74) is 5.55. The van der Waals surface area contributed by atoms with E-state index in [0.29, 0.717) is 0 Å². The van der Waals surface area contributed by atoms with Crippen molar-refractivity contribution in [3.63, 3.8) is 0 Å². The number of allylic oxidation sites excluding steroid dienone is 1. The zero-order valence-corrected chi connectivity index (χ0v) is 18.9. The quantitative estimate of drug-likeness (QED) is 0.759. The average molecular weight is 440 g/mol. The van der Waals surface area contributed by atoms with E-state index in [9.17, 15) is 4.79 Å². The Bertz CT molecular complexity index is 1110. The lowest BCUT2D eigenvalue weighted by Crippen LogP contribution is -2.45. The standard InChI is InChI=1S/C24H30ClN5O/c1-2-17-13-16(14-20-21(17)22-18(24(31)28-20)5-3-7-26-22)15-29-9-11-30(12-10-29)23-19(25)6-4-8-27-23/h8,13-14,26H,2-7,9-12,15H2,1H3,(H,28,31). The molecule has 4 heterocycles. The van der Waals surface area contributed by atoms with Crippen LogP contribution in [0.3, 0.4) is 0 Å².